The molecule has 3 aliphatic heterocycles. The number of imidazole rings is 2. The van der Waals surface area contributed by atoms with Crippen LogP contribution in [0, 0.1) is 11.8 Å². The van der Waals surface area contributed by atoms with Gasteiger partial charge in [-0.25, -0.2) is 14.8 Å². The molecule has 286 valence electrons. The van der Waals surface area contributed by atoms with E-state index in [4.69, 9.17) is 9.72 Å². The lowest BCUT2D eigenvalue weighted by Crippen LogP contribution is -2.44. The number of nitrogens with one attached hydrogen (secondary N) is 3. The molecule has 1 unspecified atom stereocenters. The third kappa shape index (κ3) is 7.68. The van der Waals surface area contributed by atoms with Gasteiger partial charge in [0, 0.05) is 24.2 Å². The molecule has 0 bridgehead atoms. The number of H-pyrrole nitrogens is 2. The Morgan fingerprint density at radius 2 is 1.27 bits per heavy atom. The van der Waals surface area contributed by atoms with Gasteiger partial charge < -0.3 is 29.8 Å². The molecule has 0 saturated carbocycles. The van der Waals surface area contributed by atoms with Crippen LogP contribution in [0.1, 0.15) is 85.0 Å². The predicted octanol–water partition coefficient (Wildman–Crippen LogP) is 6.39. The Kier molecular flexibility index (Phi) is 10.7. The standard InChI is InChI=1S/C44H46N8O4/c1-50-24-6-13-38(50)42(53)51-25-7-11-36(51)40-45-27-34(47-40)31-20-16-29(17-21-31)14-15-30-18-22-32(23-19-30)35-28-46-41(48-35)37-12-8-26-52(37)43(54)39(49-44(55)56-2)33-9-4-3-5-10-33/h3-5,9-10,16-23,27-28,36-39H,6-8,11-13,24-26H2,1-2H3,(H,45,47)(H,46,48)(H,49,55)/t36-,37?,38+,39+/m0/s1. The van der Waals surface area contributed by atoms with E-state index in [1.165, 1.54) is 7.11 Å². The molecule has 2 aromatic heterocycles. The van der Waals surface area contributed by atoms with Gasteiger partial charge in [0.2, 0.25) is 5.91 Å². The highest BCUT2D eigenvalue weighted by Crippen LogP contribution is 2.35. The van der Waals surface area contributed by atoms with Crippen LogP contribution in [0.15, 0.2) is 91.3 Å². The van der Waals surface area contributed by atoms with Gasteiger partial charge in [0.25, 0.3) is 5.91 Å². The Morgan fingerprint density at radius 3 is 1.80 bits per heavy atom. The van der Waals surface area contributed by atoms with E-state index in [0.717, 1.165) is 91.1 Å². The summed E-state index contributed by atoms with van der Waals surface area (Å²) in [6, 6.07) is 24.1. The number of carbonyl (C=O) groups is 3. The van der Waals surface area contributed by atoms with Gasteiger partial charge in [-0.15, -0.1) is 0 Å². The second-order valence-electron chi connectivity index (χ2n) is 14.8. The number of alkyl carbamates (subject to hydrolysis) is 1. The number of hydrogen-bond acceptors (Lipinski definition) is 7. The smallest absolute Gasteiger partial charge is 0.407 e. The van der Waals surface area contributed by atoms with Crippen molar-refractivity contribution in [2.45, 2.75) is 62.7 Å². The van der Waals surface area contributed by atoms with Crippen LogP contribution in [0.3, 0.4) is 0 Å². The molecule has 5 heterocycles. The molecule has 3 aliphatic rings. The Morgan fingerprint density at radius 1 is 0.732 bits per heavy atom. The van der Waals surface area contributed by atoms with Crippen LogP contribution in [-0.4, -0.2) is 92.4 Å². The number of ether oxygens (including phenoxy) is 1. The van der Waals surface area contributed by atoms with Crippen LogP contribution in [0.5, 0.6) is 0 Å². The molecule has 3 fully saturated rings. The molecule has 0 aliphatic carbocycles. The van der Waals surface area contributed by atoms with Crippen molar-refractivity contribution in [3.05, 3.63) is 120 Å². The number of rotatable bonds is 8. The highest BCUT2D eigenvalue weighted by atomic mass is 16.5. The molecule has 12 nitrogen and oxygen atoms in total. The summed E-state index contributed by atoms with van der Waals surface area (Å²) in [5.74, 6) is 8.12. The molecule has 3 amide bonds. The first-order chi connectivity index (χ1) is 27.4. The first kappa shape index (κ1) is 36.8. The number of nitrogens with zero attached hydrogens (tertiary/aromatic N) is 5. The van der Waals surface area contributed by atoms with Crippen molar-refractivity contribution >= 4 is 17.9 Å². The van der Waals surface area contributed by atoms with Crippen molar-refractivity contribution in [1.29, 1.82) is 0 Å². The fourth-order valence-electron chi connectivity index (χ4n) is 8.23. The van der Waals surface area contributed by atoms with E-state index in [-0.39, 0.29) is 29.9 Å². The third-order valence-corrected chi connectivity index (χ3v) is 11.3. The molecule has 12 heteroatoms. The number of aromatic amines is 2. The molecular weight excluding hydrogens is 705 g/mol. The van der Waals surface area contributed by atoms with E-state index in [1.54, 1.807) is 11.1 Å². The van der Waals surface area contributed by atoms with E-state index >= 15 is 0 Å². The van der Waals surface area contributed by atoms with Gasteiger partial charge in [0.1, 0.15) is 17.7 Å². The Labute approximate surface area is 326 Å². The summed E-state index contributed by atoms with van der Waals surface area (Å²) in [6.45, 7) is 2.32. The van der Waals surface area contributed by atoms with E-state index in [9.17, 15) is 14.4 Å². The summed E-state index contributed by atoms with van der Waals surface area (Å²) in [5, 5.41) is 2.71. The summed E-state index contributed by atoms with van der Waals surface area (Å²) >= 11 is 0. The second kappa shape index (κ2) is 16.3. The maximum atomic E-state index is 13.8. The monoisotopic (exact) mass is 750 g/mol. The lowest BCUT2D eigenvalue weighted by atomic mass is 10.1. The Bertz CT molecular complexity index is 2240. The van der Waals surface area contributed by atoms with Crippen LogP contribution < -0.4 is 5.32 Å². The van der Waals surface area contributed by atoms with E-state index in [2.05, 4.69) is 37.0 Å². The molecule has 5 aromatic rings. The minimum atomic E-state index is -0.870. The predicted molar refractivity (Wildman–Crippen MR) is 212 cm³/mol. The fourth-order valence-corrected chi connectivity index (χ4v) is 8.23. The third-order valence-electron chi connectivity index (χ3n) is 11.3. The molecule has 3 saturated heterocycles. The first-order valence-corrected chi connectivity index (χ1v) is 19.4. The average molecular weight is 751 g/mol. The lowest BCUT2D eigenvalue weighted by molar-refractivity contribution is -0.136. The molecule has 3 N–H and O–H groups in total. The minimum Gasteiger partial charge on any atom is -0.453 e. The van der Waals surface area contributed by atoms with E-state index in [0.29, 0.717) is 17.9 Å². The molecule has 0 spiro atoms. The van der Waals surface area contributed by atoms with Crippen LogP contribution in [-0.2, 0) is 14.3 Å². The SMILES string of the molecule is COC(=O)N[C@@H](C(=O)N1CCCC1c1ncc(-c2ccc(C#Cc3ccc(-c4cnc([C@@H]5CCCN5C(=O)[C@H]5CCCN5C)[nH]4)cc3)cc2)[nH]1)c1ccccc1. The van der Waals surface area contributed by atoms with Crippen LogP contribution in [0.2, 0.25) is 0 Å². The van der Waals surface area contributed by atoms with Gasteiger partial charge in [-0.05, 0) is 93.1 Å². The average Bonchev–Trinajstić information content (AvgIpc) is 4.09. The Hall–Kier alpha value is -6.19. The van der Waals surface area contributed by atoms with Crippen LogP contribution in [0.4, 0.5) is 4.79 Å². The second-order valence-corrected chi connectivity index (χ2v) is 14.8. The Balaban J connectivity index is 0.900. The maximum absolute atomic E-state index is 13.8. The number of likely N-dealkylation sites (tertiary alicyclic amines) is 3. The van der Waals surface area contributed by atoms with Crippen molar-refractivity contribution < 1.29 is 19.1 Å². The molecule has 0 radical (unpaired) electrons. The number of likely N-dealkylation sites (N-methyl/N-ethyl adjacent to an activating group) is 1. The number of methoxy groups -OCH3 is 1. The van der Waals surface area contributed by atoms with E-state index < -0.39 is 12.1 Å². The van der Waals surface area contributed by atoms with Crippen LogP contribution >= 0.6 is 0 Å². The highest BCUT2D eigenvalue weighted by molar-refractivity contribution is 5.87. The summed E-state index contributed by atoms with van der Waals surface area (Å²) in [5.41, 5.74) is 6.21. The normalized spacial score (nSPS) is 20.1. The highest BCUT2D eigenvalue weighted by Gasteiger charge is 2.39. The summed E-state index contributed by atoms with van der Waals surface area (Å²) in [4.78, 5) is 61.7. The quantitative estimate of drug-likeness (QED) is 0.156. The van der Waals surface area contributed by atoms with Gasteiger partial charge >= 0.3 is 6.09 Å². The molecule has 8 rings (SSSR count). The van der Waals surface area contributed by atoms with Crippen molar-refractivity contribution in [3.8, 4) is 34.4 Å². The largest absolute Gasteiger partial charge is 0.453 e. The molecule has 3 aromatic carbocycles. The van der Waals surface area contributed by atoms with Crippen molar-refractivity contribution in [3.63, 3.8) is 0 Å². The zero-order chi connectivity index (χ0) is 38.6. The zero-order valence-corrected chi connectivity index (χ0v) is 31.7. The van der Waals surface area contributed by atoms with Crippen molar-refractivity contribution in [2.24, 2.45) is 0 Å². The summed E-state index contributed by atoms with van der Waals surface area (Å²) in [7, 11) is 3.33. The first-order valence-electron chi connectivity index (χ1n) is 19.4. The minimum absolute atomic E-state index is 0.0121. The van der Waals surface area contributed by atoms with Crippen LogP contribution in [0.25, 0.3) is 22.5 Å². The number of hydrogen-bond donors (Lipinski definition) is 3. The fraction of sp³-hybridized carbons (Fsp3) is 0.341. The topological polar surface area (TPSA) is 140 Å². The zero-order valence-electron chi connectivity index (χ0n) is 31.7. The van der Waals surface area contributed by atoms with Gasteiger partial charge in [0.15, 0.2) is 0 Å². The number of aromatic nitrogens is 4. The van der Waals surface area contributed by atoms with Crippen molar-refractivity contribution in [1.82, 2.24) is 40.0 Å². The van der Waals surface area contributed by atoms with Gasteiger partial charge in [-0.1, -0.05) is 66.4 Å². The van der Waals surface area contributed by atoms with Gasteiger partial charge in [-0.2, -0.15) is 0 Å². The molecule has 4 atom stereocenters. The van der Waals surface area contributed by atoms with Crippen molar-refractivity contribution in [2.75, 3.05) is 33.8 Å². The molecule has 56 heavy (non-hydrogen) atoms. The summed E-state index contributed by atoms with van der Waals surface area (Å²) < 4.78 is 4.82. The number of amides is 3. The summed E-state index contributed by atoms with van der Waals surface area (Å²) in [6.07, 6.45) is 8.48. The maximum Gasteiger partial charge on any atom is 0.407 e. The van der Waals surface area contributed by atoms with Gasteiger partial charge in [-0.3, -0.25) is 14.5 Å². The van der Waals surface area contributed by atoms with Gasteiger partial charge in [0.05, 0.1) is 49.0 Å². The lowest BCUT2D eigenvalue weighted by Gasteiger charge is -2.29. The molecular formula is C44H46N8O4. The number of carbonyl (C=O) groups excluding carboxylic acids is 3. The van der Waals surface area contributed by atoms with E-state index in [1.807, 2.05) is 97.0 Å². The number of benzene rings is 3.